The summed E-state index contributed by atoms with van der Waals surface area (Å²) >= 11 is 1.30. The van der Waals surface area contributed by atoms with Gasteiger partial charge in [-0.25, -0.2) is 4.79 Å². The SMILES string of the molecule is C=CCn1c(SCC(=O)Nc2ccc3c(c2)n(CC)c(=O)n3CC)nnc1-c1ccc(OC)cc1. The maximum absolute atomic E-state index is 12.7. The quantitative estimate of drug-likeness (QED) is 0.265. The zero-order valence-electron chi connectivity index (χ0n) is 20.0. The molecule has 0 spiro atoms. The fourth-order valence-corrected chi connectivity index (χ4v) is 4.73. The molecule has 0 unspecified atom stereocenters. The van der Waals surface area contributed by atoms with Gasteiger partial charge >= 0.3 is 5.69 Å². The summed E-state index contributed by atoms with van der Waals surface area (Å²) in [6.45, 7) is 9.37. The summed E-state index contributed by atoms with van der Waals surface area (Å²) < 4.78 is 10.6. The molecular weight excluding hydrogens is 464 g/mol. The number of ether oxygens (including phenoxy) is 1. The van der Waals surface area contributed by atoms with Crippen molar-refractivity contribution in [3.63, 3.8) is 0 Å². The van der Waals surface area contributed by atoms with E-state index in [9.17, 15) is 9.59 Å². The maximum Gasteiger partial charge on any atom is 0.329 e. The van der Waals surface area contributed by atoms with Crippen molar-refractivity contribution in [1.82, 2.24) is 23.9 Å². The van der Waals surface area contributed by atoms with Crippen molar-refractivity contribution < 1.29 is 9.53 Å². The molecule has 0 saturated heterocycles. The van der Waals surface area contributed by atoms with Crippen molar-refractivity contribution in [3.05, 3.63) is 65.6 Å². The zero-order chi connectivity index (χ0) is 24.9. The number of nitrogens with zero attached hydrogens (tertiary/aromatic N) is 5. The monoisotopic (exact) mass is 492 g/mol. The number of allylic oxidation sites excluding steroid dienone is 1. The van der Waals surface area contributed by atoms with Crippen LogP contribution in [0, 0.1) is 0 Å². The molecule has 2 aromatic heterocycles. The number of anilines is 1. The fraction of sp³-hybridized carbons (Fsp3) is 0.280. The van der Waals surface area contributed by atoms with Crippen LogP contribution in [0.25, 0.3) is 22.4 Å². The van der Waals surface area contributed by atoms with Crippen LogP contribution in [0.1, 0.15) is 13.8 Å². The second kappa shape index (κ2) is 10.6. The lowest BCUT2D eigenvalue weighted by atomic mass is 10.2. The van der Waals surface area contributed by atoms with Crippen LogP contribution in [0.3, 0.4) is 0 Å². The van der Waals surface area contributed by atoms with Gasteiger partial charge in [0.05, 0.1) is 23.9 Å². The highest BCUT2D eigenvalue weighted by Gasteiger charge is 2.16. The summed E-state index contributed by atoms with van der Waals surface area (Å²) in [5.74, 6) is 1.44. The van der Waals surface area contributed by atoms with Gasteiger partial charge in [-0.1, -0.05) is 17.8 Å². The number of imidazole rings is 1. The van der Waals surface area contributed by atoms with Crippen molar-refractivity contribution in [1.29, 1.82) is 0 Å². The number of benzene rings is 2. The minimum atomic E-state index is -0.172. The molecule has 0 aliphatic carbocycles. The lowest BCUT2D eigenvalue weighted by molar-refractivity contribution is -0.113. The summed E-state index contributed by atoms with van der Waals surface area (Å²) in [4.78, 5) is 25.3. The number of thioether (sulfide) groups is 1. The first-order chi connectivity index (χ1) is 17.0. The van der Waals surface area contributed by atoms with Crippen molar-refractivity contribution >= 4 is 34.4 Å². The molecule has 2 aromatic carbocycles. The summed E-state index contributed by atoms with van der Waals surface area (Å²) in [6, 6.07) is 13.1. The highest BCUT2D eigenvalue weighted by molar-refractivity contribution is 7.99. The molecule has 2 heterocycles. The summed E-state index contributed by atoms with van der Waals surface area (Å²) in [6.07, 6.45) is 1.77. The fourth-order valence-electron chi connectivity index (χ4n) is 3.98. The van der Waals surface area contributed by atoms with Crippen LogP contribution in [-0.2, 0) is 24.4 Å². The summed E-state index contributed by atoms with van der Waals surface area (Å²) in [5.41, 5.74) is 3.16. The molecule has 0 bridgehead atoms. The first-order valence-electron chi connectivity index (χ1n) is 11.3. The van der Waals surface area contributed by atoms with Crippen LogP contribution in [0.5, 0.6) is 5.75 Å². The predicted molar refractivity (Wildman–Crippen MR) is 139 cm³/mol. The Balaban J connectivity index is 1.49. The molecule has 35 heavy (non-hydrogen) atoms. The number of amides is 1. The van der Waals surface area contributed by atoms with Gasteiger partial charge in [-0.2, -0.15) is 0 Å². The molecule has 1 amide bonds. The third-order valence-corrected chi connectivity index (χ3v) is 6.61. The van der Waals surface area contributed by atoms with Gasteiger partial charge in [0.15, 0.2) is 11.0 Å². The molecule has 0 aliphatic rings. The second-order valence-electron chi connectivity index (χ2n) is 7.75. The van der Waals surface area contributed by atoms with Crippen LogP contribution in [0.15, 0.2) is 65.1 Å². The molecule has 1 N–H and O–H groups in total. The number of aryl methyl sites for hydroxylation is 2. The third kappa shape index (κ3) is 4.88. The number of rotatable bonds is 10. The Hall–Kier alpha value is -3.79. The third-order valence-electron chi connectivity index (χ3n) is 5.64. The number of nitrogens with one attached hydrogen (secondary N) is 1. The Morgan fingerprint density at radius 2 is 1.77 bits per heavy atom. The Bertz CT molecular complexity index is 1420. The molecule has 0 saturated carbocycles. The van der Waals surface area contributed by atoms with Crippen LogP contribution >= 0.6 is 11.8 Å². The van der Waals surface area contributed by atoms with Crippen molar-refractivity contribution in [2.75, 3.05) is 18.2 Å². The van der Waals surface area contributed by atoms with Gasteiger partial charge in [-0.3, -0.25) is 18.5 Å². The Labute approximate surface area is 207 Å². The summed E-state index contributed by atoms with van der Waals surface area (Å²) in [5, 5.41) is 12.2. The van der Waals surface area contributed by atoms with E-state index in [-0.39, 0.29) is 17.3 Å². The van der Waals surface area contributed by atoms with Crippen molar-refractivity contribution in [2.24, 2.45) is 0 Å². The van der Waals surface area contributed by atoms with Crippen LogP contribution in [0.2, 0.25) is 0 Å². The molecule has 4 rings (SSSR count). The minimum absolute atomic E-state index is 0.0433. The van der Waals surface area contributed by atoms with E-state index in [1.165, 1.54) is 11.8 Å². The van der Waals surface area contributed by atoms with Gasteiger partial charge in [0.1, 0.15) is 5.75 Å². The number of methoxy groups -OCH3 is 1. The molecule has 9 nitrogen and oxygen atoms in total. The van der Waals surface area contributed by atoms with Gasteiger partial charge < -0.3 is 10.1 Å². The van der Waals surface area contributed by atoms with Crippen molar-refractivity contribution in [2.45, 2.75) is 38.6 Å². The van der Waals surface area contributed by atoms with E-state index in [1.807, 2.05) is 60.9 Å². The van der Waals surface area contributed by atoms with Crippen LogP contribution in [-0.4, -0.2) is 42.7 Å². The molecule has 0 radical (unpaired) electrons. The number of hydrogen-bond acceptors (Lipinski definition) is 6. The zero-order valence-corrected chi connectivity index (χ0v) is 20.8. The second-order valence-corrected chi connectivity index (χ2v) is 8.69. The number of hydrogen-bond donors (Lipinski definition) is 1. The van der Waals surface area contributed by atoms with Gasteiger partial charge in [0.25, 0.3) is 0 Å². The van der Waals surface area contributed by atoms with Gasteiger partial charge in [-0.05, 0) is 56.3 Å². The predicted octanol–water partition coefficient (Wildman–Crippen LogP) is 4.03. The van der Waals surface area contributed by atoms with E-state index < -0.39 is 0 Å². The highest BCUT2D eigenvalue weighted by Crippen LogP contribution is 2.26. The maximum atomic E-state index is 12.7. The molecule has 182 valence electrons. The molecule has 10 heteroatoms. The van der Waals surface area contributed by atoms with Gasteiger partial charge in [-0.15, -0.1) is 16.8 Å². The molecule has 0 atom stereocenters. The topological polar surface area (TPSA) is 96.0 Å². The Kier molecular flexibility index (Phi) is 7.40. The lowest BCUT2D eigenvalue weighted by Gasteiger charge is -2.09. The van der Waals surface area contributed by atoms with E-state index in [2.05, 4.69) is 22.1 Å². The first-order valence-corrected chi connectivity index (χ1v) is 12.3. The molecule has 0 fully saturated rings. The largest absolute Gasteiger partial charge is 0.497 e. The Morgan fingerprint density at radius 3 is 2.43 bits per heavy atom. The molecular formula is C25H28N6O3S. The standard InChI is InChI=1S/C25H28N6O3S/c1-5-14-31-23(17-8-11-19(34-4)12-9-17)27-28-24(31)35-16-22(32)26-18-10-13-20-21(15-18)30(7-3)25(33)29(20)6-2/h5,8-13,15H,1,6-7,14,16H2,2-4H3,(H,26,32). The van der Waals surface area contributed by atoms with Crippen LogP contribution < -0.4 is 15.7 Å². The normalized spacial score (nSPS) is 11.1. The van der Waals surface area contributed by atoms with E-state index in [1.54, 1.807) is 22.3 Å². The van der Waals surface area contributed by atoms with Gasteiger partial charge in [0, 0.05) is 30.9 Å². The summed E-state index contributed by atoms with van der Waals surface area (Å²) in [7, 11) is 1.62. The first kappa shape index (κ1) is 24.3. The number of aromatic nitrogens is 5. The van der Waals surface area contributed by atoms with E-state index in [0.29, 0.717) is 36.3 Å². The molecule has 4 aromatic rings. The minimum Gasteiger partial charge on any atom is -0.497 e. The number of carbonyl (C=O) groups excluding carboxylic acids is 1. The lowest BCUT2D eigenvalue weighted by Crippen LogP contribution is -2.23. The average Bonchev–Trinajstić information content (AvgIpc) is 3.39. The number of fused-ring (bicyclic) bond motifs is 1. The van der Waals surface area contributed by atoms with Gasteiger partial charge in [0.2, 0.25) is 5.91 Å². The van der Waals surface area contributed by atoms with Crippen LogP contribution in [0.4, 0.5) is 5.69 Å². The highest BCUT2D eigenvalue weighted by atomic mass is 32.2. The molecule has 0 aliphatic heterocycles. The van der Waals surface area contributed by atoms with E-state index in [0.717, 1.165) is 22.3 Å². The van der Waals surface area contributed by atoms with E-state index >= 15 is 0 Å². The Morgan fingerprint density at radius 1 is 1.06 bits per heavy atom. The average molecular weight is 493 g/mol. The van der Waals surface area contributed by atoms with Crippen molar-refractivity contribution in [3.8, 4) is 17.1 Å². The smallest absolute Gasteiger partial charge is 0.329 e. The number of carbonyl (C=O) groups is 1. The van der Waals surface area contributed by atoms with E-state index in [4.69, 9.17) is 4.74 Å².